The standard InChI is InChI=1S/C14H16N4O2/c1-14(2)13(20)17-12(19)8-18(14)10-3-4-11(16)9(7-10)5-6-15/h3-4,7H,5,8,16H2,1-2H3,(H,17,19,20). The molecule has 1 fully saturated rings. The molecule has 3 N–H and O–H groups in total. The van der Waals surface area contributed by atoms with Crippen molar-refractivity contribution in [3.8, 4) is 6.07 Å². The van der Waals surface area contributed by atoms with Gasteiger partial charge in [0.05, 0.1) is 19.0 Å². The van der Waals surface area contributed by atoms with Crippen LogP contribution in [0.1, 0.15) is 19.4 Å². The fraction of sp³-hybridized carbons (Fsp3) is 0.357. The molecule has 6 heteroatoms. The Morgan fingerprint density at radius 2 is 2.15 bits per heavy atom. The van der Waals surface area contributed by atoms with Crippen molar-refractivity contribution >= 4 is 23.2 Å². The normalized spacial score (nSPS) is 17.6. The third-order valence-corrected chi connectivity index (χ3v) is 3.49. The van der Waals surface area contributed by atoms with Crippen LogP contribution < -0.4 is 16.0 Å². The van der Waals surface area contributed by atoms with E-state index in [2.05, 4.69) is 5.32 Å². The number of rotatable bonds is 2. The number of carbonyl (C=O) groups is 2. The van der Waals surface area contributed by atoms with Crippen molar-refractivity contribution in [1.29, 1.82) is 5.26 Å². The Balaban J connectivity index is 2.44. The van der Waals surface area contributed by atoms with Crippen molar-refractivity contribution in [2.75, 3.05) is 17.2 Å². The van der Waals surface area contributed by atoms with Gasteiger partial charge in [-0.2, -0.15) is 5.26 Å². The van der Waals surface area contributed by atoms with Crippen LogP contribution in [0.25, 0.3) is 0 Å². The smallest absolute Gasteiger partial charge is 0.251 e. The first-order valence-electron chi connectivity index (χ1n) is 6.23. The highest BCUT2D eigenvalue weighted by molar-refractivity contribution is 6.06. The third-order valence-electron chi connectivity index (χ3n) is 3.49. The molecule has 0 radical (unpaired) electrons. The van der Waals surface area contributed by atoms with Gasteiger partial charge in [0.25, 0.3) is 5.91 Å². The minimum atomic E-state index is -0.839. The maximum Gasteiger partial charge on any atom is 0.251 e. The number of piperazine rings is 1. The molecule has 0 aliphatic carbocycles. The van der Waals surface area contributed by atoms with Gasteiger partial charge in [0.15, 0.2) is 0 Å². The first kappa shape index (κ1) is 13.9. The summed E-state index contributed by atoms with van der Waals surface area (Å²) in [4.78, 5) is 25.2. The van der Waals surface area contributed by atoms with E-state index >= 15 is 0 Å². The van der Waals surface area contributed by atoms with Crippen LogP contribution in [-0.4, -0.2) is 23.9 Å². The summed E-state index contributed by atoms with van der Waals surface area (Å²) in [5.74, 6) is -0.680. The highest BCUT2D eigenvalue weighted by atomic mass is 16.2. The summed E-state index contributed by atoms with van der Waals surface area (Å²) in [7, 11) is 0. The molecule has 0 bridgehead atoms. The molecule has 6 nitrogen and oxygen atoms in total. The van der Waals surface area contributed by atoms with Gasteiger partial charge in [-0.1, -0.05) is 0 Å². The third kappa shape index (κ3) is 2.30. The van der Waals surface area contributed by atoms with Crippen molar-refractivity contribution in [2.24, 2.45) is 0 Å². The van der Waals surface area contributed by atoms with Gasteiger partial charge in [-0.3, -0.25) is 14.9 Å². The largest absolute Gasteiger partial charge is 0.398 e. The molecule has 1 aliphatic rings. The quantitative estimate of drug-likeness (QED) is 0.606. The molecule has 0 aromatic heterocycles. The van der Waals surface area contributed by atoms with Crippen molar-refractivity contribution in [3.05, 3.63) is 23.8 Å². The molecule has 0 unspecified atom stereocenters. The Bertz CT molecular complexity index is 616. The number of nitriles is 1. The summed E-state index contributed by atoms with van der Waals surface area (Å²) in [5, 5.41) is 11.1. The molecule has 0 spiro atoms. The van der Waals surface area contributed by atoms with E-state index in [1.165, 1.54) is 0 Å². The summed E-state index contributed by atoms with van der Waals surface area (Å²) < 4.78 is 0. The molecule has 2 amide bonds. The lowest BCUT2D eigenvalue weighted by Gasteiger charge is -2.42. The molecule has 104 valence electrons. The highest BCUT2D eigenvalue weighted by Crippen LogP contribution is 2.29. The maximum absolute atomic E-state index is 11.9. The Kier molecular flexibility index (Phi) is 3.36. The van der Waals surface area contributed by atoms with E-state index in [0.717, 1.165) is 0 Å². The highest BCUT2D eigenvalue weighted by Gasteiger charge is 2.41. The average Bonchev–Trinajstić information content (AvgIpc) is 2.37. The van der Waals surface area contributed by atoms with Crippen LogP contribution in [0.4, 0.5) is 11.4 Å². The number of hydrogen-bond donors (Lipinski definition) is 2. The van der Waals surface area contributed by atoms with Gasteiger partial charge < -0.3 is 10.6 Å². The molecule has 0 atom stereocenters. The van der Waals surface area contributed by atoms with Crippen molar-refractivity contribution < 1.29 is 9.59 Å². The number of nitrogen functional groups attached to an aromatic ring is 1. The molecule has 1 heterocycles. The first-order valence-corrected chi connectivity index (χ1v) is 6.23. The molecule has 20 heavy (non-hydrogen) atoms. The predicted octanol–water partition coefficient (Wildman–Crippen LogP) is 0.576. The fourth-order valence-corrected chi connectivity index (χ4v) is 2.20. The summed E-state index contributed by atoms with van der Waals surface area (Å²) in [6.45, 7) is 3.58. The van der Waals surface area contributed by atoms with Gasteiger partial charge in [0.2, 0.25) is 5.91 Å². The van der Waals surface area contributed by atoms with Crippen LogP contribution in [-0.2, 0) is 16.0 Å². The molecule has 1 aliphatic heterocycles. The Morgan fingerprint density at radius 3 is 2.80 bits per heavy atom. The van der Waals surface area contributed by atoms with E-state index in [4.69, 9.17) is 11.0 Å². The van der Waals surface area contributed by atoms with Crippen LogP contribution in [0, 0.1) is 11.3 Å². The summed E-state index contributed by atoms with van der Waals surface area (Å²) in [6, 6.07) is 7.25. The molecule has 1 saturated heterocycles. The molecular formula is C14H16N4O2. The summed E-state index contributed by atoms with van der Waals surface area (Å²) >= 11 is 0. The minimum Gasteiger partial charge on any atom is -0.398 e. The minimum absolute atomic E-state index is 0.0919. The lowest BCUT2D eigenvalue weighted by atomic mass is 9.97. The van der Waals surface area contributed by atoms with Gasteiger partial charge in [0.1, 0.15) is 5.54 Å². The molecule has 2 rings (SSSR count). The number of anilines is 2. The van der Waals surface area contributed by atoms with E-state index in [1.807, 2.05) is 6.07 Å². The fourth-order valence-electron chi connectivity index (χ4n) is 2.20. The van der Waals surface area contributed by atoms with Gasteiger partial charge in [-0.15, -0.1) is 0 Å². The number of nitrogens with one attached hydrogen (secondary N) is 1. The summed E-state index contributed by atoms with van der Waals surface area (Å²) in [5.41, 5.74) is 6.90. The Morgan fingerprint density at radius 1 is 1.45 bits per heavy atom. The maximum atomic E-state index is 11.9. The second-order valence-corrected chi connectivity index (χ2v) is 5.24. The number of hydrogen-bond acceptors (Lipinski definition) is 5. The molecular weight excluding hydrogens is 256 g/mol. The zero-order valence-electron chi connectivity index (χ0n) is 11.4. The van der Waals surface area contributed by atoms with E-state index in [1.54, 1.807) is 36.9 Å². The second-order valence-electron chi connectivity index (χ2n) is 5.24. The monoisotopic (exact) mass is 272 g/mol. The van der Waals surface area contributed by atoms with Crippen molar-refractivity contribution in [1.82, 2.24) is 5.32 Å². The van der Waals surface area contributed by atoms with Crippen LogP contribution in [0.15, 0.2) is 18.2 Å². The van der Waals surface area contributed by atoms with Gasteiger partial charge in [-0.25, -0.2) is 0 Å². The summed E-state index contributed by atoms with van der Waals surface area (Å²) in [6.07, 6.45) is 0.189. The van der Waals surface area contributed by atoms with Gasteiger partial charge >= 0.3 is 0 Å². The van der Waals surface area contributed by atoms with Crippen molar-refractivity contribution in [2.45, 2.75) is 25.8 Å². The topological polar surface area (TPSA) is 99.2 Å². The number of nitrogens with zero attached hydrogens (tertiary/aromatic N) is 2. The van der Waals surface area contributed by atoms with Gasteiger partial charge in [-0.05, 0) is 37.6 Å². The number of carbonyl (C=O) groups excluding carboxylic acids is 2. The van der Waals surface area contributed by atoms with Crippen molar-refractivity contribution in [3.63, 3.8) is 0 Å². The molecule has 0 saturated carbocycles. The second kappa shape index (κ2) is 4.85. The van der Waals surface area contributed by atoms with Crippen LogP contribution in [0.2, 0.25) is 0 Å². The number of amides is 2. The van der Waals surface area contributed by atoms with E-state index in [9.17, 15) is 9.59 Å². The SMILES string of the molecule is CC1(C)C(=O)NC(=O)CN1c1ccc(N)c(CC#N)c1. The molecule has 1 aromatic carbocycles. The van der Waals surface area contributed by atoms with Crippen LogP contribution >= 0.6 is 0 Å². The lowest BCUT2D eigenvalue weighted by Crippen LogP contribution is -2.64. The lowest BCUT2D eigenvalue weighted by molar-refractivity contribution is -0.135. The number of imide groups is 1. The zero-order chi connectivity index (χ0) is 14.9. The number of benzene rings is 1. The first-order chi connectivity index (χ1) is 9.36. The average molecular weight is 272 g/mol. The Labute approximate surface area is 117 Å². The predicted molar refractivity (Wildman–Crippen MR) is 74.7 cm³/mol. The Hall–Kier alpha value is -2.55. The van der Waals surface area contributed by atoms with Crippen LogP contribution in [0.5, 0.6) is 0 Å². The van der Waals surface area contributed by atoms with E-state index < -0.39 is 5.54 Å². The zero-order valence-corrected chi connectivity index (χ0v) is 11.4. The van der Waals surface area contributed by atoms with Crippen LogP contribution in [0.3, 0.4) is 0 Å². The van der Waals surface area contributed by atoms with E-state index in [0.29, 0.717) is 16.9 Å². The van der Waals surface area contributed by atoms with Gasteiger partial charge in [0, 0.05) is 11.4 Å². The number of nitrogens with two attached hydrogens (primary N) is 1. The molecule has 1 aromatic rings. The van der Waals surface area contributed by atoms with E-state index in [-0.39, 0.29) is 24.8 Å².